The SMILES string of the molecule is O=C(NCCc1ccccn1)[C@@]12CCCC[C@H]1CNC2. The summed E-state index contributed by atoms with van der Waals surface area (Å²) in [6, 6.07) is 5.91. The lowest BCUT2D eigenvalue weighted by molar-refractivity contribution is -0.133. The molecule has 0 bridgehead atoms. The van der Waals surface area contributed by atoms with Crippen LogP contribution in [-0.2, 0) is 11.2 Å². The fraction of sp³-hybridized carbons (Fsp3) is 0.625. The average molecular weight is 273 g/mol. The van der Waals surface area contributed by atoms with Crippen LogP contribution in [0.3, 0.4) is 0 Å². The zero-order chi connectivity index (χ0) is 13.8. The number of carbonyl (C=O) groups excluding carboxylic acids is 1. The van der Waals surface area contributed by atoms with Gasteiger partial charge in [0.25, 0.3) is 0 Å². The maximum absolute atomic E-state index is 12.6. The molecule has 4 nitrogen and oxygen atoms in total. The van der Waals surface area contributed by atoms with Gasteiger partial charge in [0.2, 0.25) is 5.91 Å². The molecule has 1 aromatic rings. The third-order valence-corrected chi connectivity index (χ3v) is 4.88. The number of carbonyl (C=O) groups is 1. The van der Waals surface area contributed by atoms with E-state index < -0.39 is 0 Å². The van der Waals surface area contributed by atoms with E-state index in [4.69, 9.17) is 0 Å². The van der Waals surface area contributed by atoms with Crippen LogP contribution in [0, 0.1) is 11.3 Å². The number of hydrogen-bond donors (Lipinski definition) is 2. The number of fused-ring (bicyclic) bond motifs is 1. The zero-order valence-corrected chi connectivity index (χ0v) is 11.9. The van der Waals surface area contributed by atoms with Crippen LogP contribution in [-0.4, -0.2) is 30.5 Å². The van der Waals surface area contributed by atoms with E-state index in [1.54, 1.807) is 6.20 Å². The summed E-state index contributed by atoms with van der Waals surface area (Å²) >= 11 is 0. The molecule has 1 aromatic heterocycles. The van der Waals surface area contributed by atoms with E-state index in [-0.39, 0.29) is 11.3 Å². The second-order valence-corrected chi connectivity index (χ2v) is 6.06. The van der Waals surface area contributed by atoms with Gasteiger partial charge in [-0.25, -0.2) is 0 Å². The Hall–Kier alpha value is -1.42. The highest BCUT2D eigenvalue weighted by Gasteiger charge is 2.49. The van der Waals surface area contributed by atoms with Crippen molar-refractivity contribution in [2.75, 3.05) is 19.6 Å². The first-order valence-corrected chi connectivity index (χ1v) is 7.70. The van der Waals surface area contributed by atoms with Crippen molar-refractivity contribution in [2.45, 2.75) is 32.1 Å². The van der Waals surface area contributed by atoms with Crippen LogP contribution in [0.1, 0.15) is 31.4 Å². The highest BCUT2D eigenvalue weighted by atomic mass is 16.2. The molecular formula is C16H23N3O. The Morgan fingerprint density at radius 2 is 2.40 bits per heavy atom. The van der Waals surface area contributed by atoms with Gasteiger partial charge >= 0.3 is 0 Å². The lowest BCUT2D eigenvalue weighted by Gasteiger charge is -2.37. The summed E-state index contributed by atoms with van der Waals surface area (Å²) in [5, 5.41) is 6.57. The van der Waals surface area contributed by atoms with Crippen LogP contribution in [0.2, 0.25) is 0 Å². The maximum atomic E-state index is 12.6. The average Bonchev–Trinajstić information content (AvgIpc) is 2.93. The summed E-state index contributed by atoms with van der Waals surface area (Å²) in [4.78, 5) is 16.9. The predicted octanol–water partition coefficient (Wildman–Crippen LogP) is 1.52. The lowest BCUT2D eigenvalue weighted by Crippen LogP contribution is -2.48. The van der Waals surface area contributed by atoms with E-state index in [0.717, 1.165) is 31.6 Å². The van der Waals surface area contributed by atoms with E-state index in [1.165, 1.54) is 19.3 Å². The Kier molecular flexibility index (Phi) is 4.01. The quantitative estimate of drug-likeness (QED) is 0.874. The van der Waals surface area contributed by atoms with Gasteiger partial charge in [0, 0.05) is 31.4 Å². The molecule has 1 aliphatic heterocycles. The Labute approximate surface area is 120 Å². The lowest BCUT2D eigenvalue weighted by atomic mass is 9.67. The molecule has 0 aromatic carbocycles. The number of pyridine rings is 1. The minimum Gasteiger partial charge on any atom is -0.355 e. The summed E-state index contributed by atoms with van der Waals surface area (Å²) < 4.78 is 0. The largest absolute Gasteiger partial charge is 0.355 e. The molecule has 2 aliphatic rings. The van der Waals surface area contributed by atoms with Gasteiger partial charge in [-0.2, -0.15) is 0 Å². The first kappa shape index (κ1) is 13.6. The normalized spacial score (nSPS) is 28.9. The van der Waals surface area contributed by atoms with Gasteiger partial charge in [0.15, 0.2) is 0 Å². The van der Waals surface area contributed by atoms with Crippen molar-refractivity contribution >= 4 is 5.91 Å². The predicted molar refractivity (Wildman–Crippen MR) is 78.2 cm³/mol. The number of nitrogens with zero attached hydrogens (tertiary/aromatic N) is 1. The molecule has 2 N–H and O–H groups in total. The summed E-state index contributed by atoms with van der Waals surface area (Å²) in [5.74, 6) is 0.786. The minimum atomic E-state index is -0.137. The van der Waals surface area contributed by atoms with Gasteiger partial charge in [0.1, 0.15) is 0 Å². The molecule has 1 saturated carbocycles. The van der Waals surface area contributed by atoms with Crippen molar-refractivity contribution in [1.29, 1.82) is 0 Å². The van der Waals surface area contributed by atoms with Crippen molar-refractivity contribution in [3.05, 3.63) is 30.1 Å². The standard InChI is InChI=1S/C16H23N3O/c20-15(19-10-7-14-6-2-4-9-18-14)16-8-3-1-5-13(16)11-17-12-16/h2,4,6,9,13,17H,1,3,5,7-8,10-12H2,(H,19,20)/t13-,16+/m0/s1. The number of aromatic nitrogens is 1. The number of rotatable bonds is 4. The highest BCUT2D eigenvalue weighted by molar-refractivity contribution is 5.83. The molecule has 1 aliphatic carbocycles. The van der Waals surface area contributed by atoms with Crippen LogP contribution in [0.25, 0.3) is 0 Å². The van der Waals surface area contributed by atoms with E-state index in [1.807, 2.05) is 18.2 Å². The van der Waals surface area contributed by atoms with Crippen molar-refractivity contribution in [3.8, 4) is 0 Å². The molecule has 0 unspecified atom stereocenters. The topological polar surface area (TPSA) is 54.0 Å². The smallest absolute Gasteiger partial charge is 0.227 e. The van der Waals surface area contributed by atoms with E-state index in [9.17, 15) is 4.79 Å². The van der Waals surface area contributed by atoms with Crippen LogP contribution in [0.15, 0.2) is 24.4 Å². The molecule has 0 spiro atoms. The molecule has 20 heavy (non-hydrogen) atoms. The first-order chi connectivity index (χ1) is 9.81. The second kappa shape index (κ2) is 5.92. The number of hydrogen-bond acceptors (Lipinski definition) is 3. The molecule has 4 heteroatoms. The Bertz CT molecular complexity index is 462. The van der Waals surface area contributed by atoms with Crippen molar-refractivity contribution in [2.24, 2.45) is 11.3 Å². The molecule has 2 fully saturated rings. The first-order valence-electron chi connectivity index (χ1n) is 7.70. The molecular weight excluding hydrogens is 250 g/mol. The van der Waals surface area contributed by atoms with Gasteiger partial charge in [-0.15, -0.1) is 0 Å². The van der Waals surface area contributed by atoms with Crippen molar-refractivity contribution in [1.82, 2.24) is 15.6 Å². The molecule has 2 atom stereocenters. The van der Waals surface area contributed by atoms with Crippen LogP contribution < -0.4 is 10.6 Å². The third kappa shape index (κ3) is 2.57. The van der Waals surface area contributed by atoms with Gasteiger partial charge in [-0.1, -0.05) is 18.9 Å². The monoisotopic (exact) mass is 273 g/mol. The van der Waals surface area contributed by atoms with E-state index in [0.29, 0.717) is 12.5 Å². The van der Waals surface area contributed by atoms with Gasteiger partial charge < -0.3 is 10.6 Å². The second-order valence-electron chi connectivity index (χ2n) is 6.06. The van der Waals surface area contributed by atoms with Crippen LogP contribution >= 0.6 is 0 Å². The van der Waals surface area contributed by atoms with Crippen molar-refractivity contribution < 1.29 is 4.79 Å². The zero-order valence-electron chi connectivity index (χ0n) is 11.9. The molecule has 1 saturated heterocycles. The maximum Gasteiger partial charge on any atom is 0.227 e. The number of amides is 1. The Morgan fingerprint density at radius 1 is 1.45 bits per heavy atom. The van der Waals surface area contributed by atoms with Crippen molar-refractivity contribution in [3.63, 3.8) is 0 Å². The fourth-order valence-corrected chi connectivity index (χ4v) is 3.72. The van der Waals surface area contributed by atoms with Gasteiger partial charge in [0.05, 0.1) is 5.41 Å². The van der Waals surface area contributed by atoms with E-state index >= 15 is 0 Å². The molecule has 1 amide bonds. The van der Waals surface area contributed by atoms with Gasteiger partial charge in [-0.3, -0.25) is 9.78 Å². The van der Waals surface area contributed by atoms with Crippen LogP contribution in [0.5, 0.6) is 0 Å². The molecule has 108 valence electrons. The Balaban J connectivity index is 1.56. The summed E-state index contributed by atoms with van der Waals surface area (Å²) in [6.07, 6.45) is 7.30. The highest BCUT2D eigenvalue weighted by Crippen LogP contribution is 2.43. The van der Waals surface area contributed by atoms with Gasteiger partial charge in [-0.05, 0) is 37.4 Å². The minimum absolute atomic E-state index is 0.137. The summed E-state index contributed by atoms with van der Waals surface area (Å²) in [6.45, 7) is 2.55. The molecule has 2 heterocycles. The summed E-state index contributed by atoms with van der Waals surface area (Å²) in [7, 11) is 0. The fourth-order valence-electron chi connectivity index (χ4n) is 3.72. The molecule has 0 radical (unpaired) electrons. The Morgan fingerprint density at radius 3 is 3.25 bits per heavy atom. The molecule has 3 rings (SSSR count). The van der Waals surface area contributed by atoms with Crippen LogP contribution in [0.4, 0.5) is 0 Å². The summed E-state index contributed by atoms with van der Waals surface area (Å²) in [5.41, 5.74) is 0.901. The van der Waals surface area contributed by atoms with E-state index in [2.05, 4.69) is 15.6 Å². The third-order valence-electron chi connectivity index (χ3n) is 4.88. The number of nitrogens with one attached hydrogen (secondary N) is 2.